The van der Waals surface area contributed by atoms with Crippen LogP contribution in [0.4, 0.5) is 0 Å². The normalized spacial score (nSPS) is 30.6. The second-order valence-corrected chi connectivity index (χ2v) is 5.85. The zero-order chi connectivity index (χ0) is 15.3. The summed E-state index contributed by atoms with van der Waals surface area (Å²) >= 11 is 0. The molecule has 2 N–H and O–H groups in total. The Morgan fingerprint density at radius 3 is 2.91 bits per heavy atom. The van der Waals surface area contributed by atoms with Gasteiger partial charge in [0.2, 0.25) is 0 Å². The van der Waals surface area contributed by atoms with Gasteiger partial charge in [-0.15, -0.1) is 0 Å². The molecular weight excluding hydrogens is 286 g/mol. The molecular formula is C16H17NO5. The van der Waals surface area contributed by atoms with Crippen molar-refractivity contribution in [3.8, 4) is 0 Å². The Kier molecular flexibility index (Phi) is 3.18. The molecule has 0 radical (unpaired) electrons. The second kappa shape index (κ2) is 5.08. The van der Waals surface area contributed by atoms with Crippen LogP contribution >= 0.6 is 0 Å². The molecule has 0 saturated carbocycles. The van der Waals surface area contributed by atoms with Crippen molar-refractivity contribution in [1.29, 1.82) is 0 Å². The van der Waals surface area contributed by atoms with E-state index >= 15 is 0 Å². The van der Waals surface area contributed by atoms with Crippen LogP contribution in [0.5, 0.6) is 0 Å². The average Bonchev–Trinajstić information content (AvgIpc) is 3.17. The number of aryl methyl sites for hydroxylation is 1. The van der Waals surface area contributed by atoms with Crippen LogP contribution in [0.1, 0.15) is 16.1 Å². The van der Waals surface area contributed by atoms with Crippen molar-refractivity contribution in [2.75, 3.05) is 13.2 Å². The van der Waals surface area contributed by atoms with E-state index in [0.717, 1.165) is 16.5 Å². The molecule has 2 saturated heterocycles. The van der Waals surface area contributed by atoms with Crippen molar-refractivity contribution in [1.82, 2.24) is 5.32 Å². The van der Waals surface area contributed by atoms with Gasteiger partial charge in [-0.1, -0.05) is 18.2 Å². The number of aliphatic hydroxyl groups excluding tert-OH is 1. The Labute approximate surface area is 127 Å². The molecule has 116 valence electrons. The van der Waals surface area contributed by atoms with E-state index in [1.54, 1.807) is 6.07 Å². The summed E-state index contributed by atoms with van der Waals surface area (Å²) in [6.45, 7) is 2.51. The summed E-state index contributed by atoms with van der Waals surface area (Å²) in [6.07, 6.45) is -1.28. The van der Waals surface area contributed by atoms with Gasteiger partial charge in [0.25, 0.3) is 5.91 Å². The van der Waals surface area contributed by atoms with E-state index in [2.05, 4.69) is 5.32 Å². The molecule has 1 aromatic heterocycles. The third-order valence-electron chi connectivity index (χ3n) is 4.31. The standard InChI is InChI=1S/C16H17NO5/c1-8-3-2-4-9-5-12(22-13(8)9)16(19)17-10-6-20-15-11(18)7-21-14(10)15/h2-5,10-11,14-15,18H,6-7H2,1H3,(H,17,19)/t10-,11-,14-,15-/m1/s1. The van der Waals surface area contributed by atoms with Gasteiger partial charge in [-0.25, -0.2) is 0 Å². The van der Waals surface area contributed by atoms with Gasteiger partial charge >= 0.3 is 0 Å². The molecule has 0 spiro atoms. The average molecular weight is 303 g/mol. The molecule has 2 fully saturated rings. The van der Waals surface area contributed by atoms with E-state index in [1.165, 1.54) is 0 Å². The Bertz CT molecular complexity index is 724. The van der Waals surface area contributed by atoms with Gasteiger partial charge in [0.05, 0.1) is 19.3 Å². The quantitative estimate of drug-likeness (QED) is 0.865. The van der Waals surface area contributed by atoms with Gasteiger partial charge in [-0.3, -0.25) is 4.79 Å². The predicted octanol–water partition coefficient (Wildman–Crippen LogP) is 0.998. The molecule has 22 heavy (non-hydrogen) atoms. The zero-order valence-electron chi connectivity index (χ0n) is 12.1. The first-order valence-electron chi connectivity index (χ1n) is 7.35. The van der Waals surface area contributed by atoms with Crippen LogP contribution in [0, 0.1) is 6.92 Å². The highest BCUT2D eigenvalue weighted by atomic mass is 16.6. The van der Waals surface area contributed by atoms with E-state index < -0.39 is 6.10 Å². The number of hydrogen-bond donors (Lipinski definition) is 2. The molecule has 1 amide bonds. The van der Waals surface area contributed by atoms with Gasteiger partial charge in [0.1, 0.15) is 23.9 Å². The van der Waals surface area contributed by atoms with Crippen LogP contribution in [-0.4, -0.2) is 48.6 Å². The Morgan fingerprint density at radius 2 is 2.09 bits per heavy atom. The van der Waals surface area contributed by atoms with Crippen LogP contribution in [0.2, 0.25) is 0 Å². The summed E-state index contributed by atoms with van der Waals surface area (Å²) in [5.41, 5.74) is 1.71. The van der Waals surface area contributed by atoms with Gasteiger partial charge in [-0.05, 0) is 18.6 Å². The molecule has 2 aliphatic heterocycles. The van der Waals surface area contributed by atoms with Crippen LogP contribution in [0.25, 0.3) is 11.0 Å². The number of amides is 1. The summed E-state index contributed by atoms with van der Waals surface area (Å²) in [5.74, 6) is -0.0267. The second-order valence-electron chi connectivity index (χ2n) is 5.85. The third-order valence-corrected chi connectivity index (χ3v) is 4.31. The number of carbonyl (C=O) groups excluding carboxylic acids is 1. The lowest BCUT2D eigenvalue weighted by atomic mass is 10.1. The molecule has 6 heteroatoms. The maximum Gasteiger partial charge on any atom is 0.287 e. The molecule has 2 aromatic rings. The molecule has 1 aromatic carbocycles. The highest BCUT2D eigenvalue weighted by Gasteiger charge is 2.47. The van der Waals surface area contributed by atoms with Crippen molar-refractivity contribution < 1.29 is 23.8 Å². The topological polar surface area (TPSA) is 80.9 Å². The number of para-hydroxylation sites is 1. The maximum absolute atomic E-state index is 12.4. The number of nitrogens with one attached hydrogen (secondary N) is 1. The van der Waals surface area contributed by atoms with Crippen molar-refractivity contribution in [2.24, 2.45) is 0 Å². The lowest BCUT2D eigenvalue weighted by Crippen LogP contribution is -2.44. The first-order chi connectivity index (χ1) is 10.6. The minimum atomic E-state index is -0.624. The molecule has 0 bridgehead atoms. The van der Waals surface area contributed by atoms with Gasteiger partial charge in [0, 0.05) is 5.39 Å². The van der Waals surface area contributed by atoms with Crippen LogP contribution in [0.15, 0.2) is 28.7 Å². The van der Waals surface area contributed by atoms with Crippen LogP contribution < -0.4 is 5.32 Å². The van der Waals surface area contributed by atoms with Gasteiger partial charge < -0.3 is 24.3 Å². The Balaban J connectivity index is 1.53. The molecule has 0 unspecified atom stereocenters. The van der Waals surface area contributed by atoms with E-state index in [-0.39, 0.29) is 36.5 Å². The maximum atomic E-state index is 12.4. The molecule has 0 aliphatic carbocycles. The Hall–Kier alpha value is -1.89. The van der Waals surface area contributed by atoms with Gasteiger partial charge in [0.15, 0.2) is 5.76 Å². The minimum absolute atomic E-state index is 0.242. The van der Waals surface area contributed by atoms with Crippen LogP contribution in [0.3, 0.4) is 0 Å². The van der Waals surface area contributed by atoms with Gasteiger partial charge in [-0.2, -0.15) is 0 Å². The largest absolute Gasteiger partial charge is 0.451 e. The molecule has 4 atom stereocenters. The number of aliphatic hydroxyl groups is 1. The summed E-state index contributed by atoms with van der Waals surface area (Å²) < 4.78 is 16.7. The number of carbonyl (C=O) groups is 1. The van der Waals surface area contributed by atoms with E-state index in [9.17, 15) is 9.90 Å². The lowest BCUT2D eigenvalue weighted by molar-refractivity contribution is 0.0178. The highest BCUT2D eigenvalue weighted by Crippen LogP contribution is 2.28. The smallest absolute Gasteiger partial charge is 0.287 e. The number of rotatable bonds is 2. The fraction of sp³-hybridized carbons (Fsp3) is 0.438. The lowest BCUT2D eigenvalue weighted by Gasteiger charge is -2.16. The van der Waals surface area contributed by atoms with Crippen LogP contribution in [-0.2, 0) is 9.47 Å². The number of furan rings is 1. The summed E-state index contributed by atoms with van der Waals surface area (Å²) in [4.78, 5) is 12.4. The number of hydrogen-bond acceptors (Lipinski definition) is 5. The fourth-order valence-electron chi connectivity index (χ4n) is 3.16. The summed E-state index contributed by atoms with van der Waals surface area (Å²) in [7, 11) is 0. The van der Waals surface area contributed by atoms with E-state index in [0.29, 0.717) is 6.61 Å². The Morgan fingerprint density at radius 1 is 1.27 bits per heavy atom. The summed E-state index contributed by atoms with van der Waals surface area (Å²) in [6, 6.07) is 7.24. The number of benzene rings is 1. The van der Waals surface area contributed by atoms with E-state index in [4.69, 9.17) is 13.9 Å². The first-order valence-corrected chi connectivity index (χ1v) is 7.35. The first kappa shape index (κ1) is 13.8. The zero-order valence-corrected chi connectivity index (χ0v) is 12.1. The van der Waals surface area contributed by atoms with Crippen molar-refractivity contribution >= 4 is 16.9 Å². The fourth-order valence-corrected chi connectivity index (χ4v) is 3.16. The monoisotopic (exact) mass is 303 g/mol. The number of fused-ring (bicyclic) bond motifs is 2. The SMILES string of the molecule is Cc1cccc2cc(C(=O)N[C@@H]3CO[C@H]4[C@@H]3OC[C@H]4O)oc12. The number of ether oxygens (including phenoxy) is 2. The van der Waals surface area contributed by atoms with Crippen molar-refractivity contribution in [3.05, 3.63) is 35.6 Å². The summed E-state index contributed by atoms with van der Waals surface area (Å²) in [5, 5.41) is 13.5. The molecule has 2 aliphatic rings. The van der Waals surface area contributed by atoms with Crippen molar-refractivity contribution in [2.45, 2.75) is 31.3 Å². The minimum Gasteiger partial charge on any atom is -0.451 e. The molecule has 3 heterocycles. The molecule has 4 rings (SSSR count). The van der Waals surface area contributed by atoms with Crippen molar-refractivity contribution in [3.63, 3.8) is 0 Å². The van der Waals surface area contributed by atoms with E-state index in [1.807, 2.05) is 25.1 Å². The third kappa shape index (κ3) is 2.11. The molecule has 6 nitrogen and oxygen atoms in total. The predicted molar refractivity (Wildman–Crippen MR) is 77.7 cm³/mol. The highest BCUT2D eigenvalue weighted by molar-refractivity contribution is 5.96.